The van der Waals surface area contributed by atoms with E-state index in [1.165, 1.54) is 0 Å². The van der Waals surface area contributed by atoms with Gasteiger partial charge in [0.2, 0.25) is 0 Å². The molecule has 1 fully saturated rings. The molecule has 0 bridgehead atoms. The van der Waals surface area contributed by atoms with Crippen LogP contribution in [0.25, 0.3) is 0 Å². The Balaban J connectivity index is 1.61. The Morgan fingerprint density at radius 3 is 2.68 bits per heavy atom. The molecule has 1 unspecified atom stereocenters. The zero-order valence-corrected chi connectivity index (χ0v) is 14.7. The molecule has 1 atom stereocenters. The molecule has 0 aliphatic carbocycles. The van der Waals surface area contributed by atoms with E-state index < -0.39 is 6.10 Å². The number of nitrogens with zero attached hydrogens (tertiary/aromatic N) is 2. The normalized spacial score (nSPS) is 16.6. The molecule has 0 saturated carbocycles. The lowest BCUT2D eigenvalue weighted by atomic mass is 10.1. The molecule has 0 spiro atoms. The van der Waals surface area contributed by atoms with E-state index in [0.29, 0.717) is 5.56 Å². The highest BCUT2D eigenvalue weighted by atomic mass is 16.5. The van der Waals surface area contributed by atoms with Gasteiger partial charge in [0, 0.05) is 25.5 Å². The van der Waals surface area contributed by atoms with Crippen molar-refractivity contribution in [1.29, 1.82) is 0 Å². The van der Waals surface area contributed by atoms with Gasteiger partial charge in [0.25, 0.3) is 5.91 Å². The first-order valence-electron chi connectivity index (χ1n) is 8.71. The molecule has 0 radical (unpaired) electrons. The van der Waals surface area contributed by atoms with Crippen molar-refractivity contribution >= 4 is 5.91 Å². The second kappa shape index (κ2) is 7.80. The summed E-state index contributed by atoms with van der Waals surface area (Å²) in [5, 5.41) is 17.4. The minimum absolute atomic E-state index is 0.170. The van der Waals surface area contributed by atoms with Crippen LogP contribution in [0.1, 0.15) is 52.2 Å². The van der Waals surface area contributed by atoms with Gasteiger partial charge in [-0.1, -0.05) is 29.8 Å². The van der Waals surface area contributed by atoms with Crippen molar-refractivity contribution in [1.82, 2.24) is 15.1 Å². The van der Waals surface area contributed by atoms with Crippen LogP contribution in [0, 0.1) is 13.8 Å². The summed E-state index contributed by atoms with van der Waals surface area (Å²) in [4.78, 5) is 12.5. The van der Waals surface area contributed by atoms with E-state index >= 15 is 0 Å². The second-order valence-electron chi connectivity index (χ2n) is 6.57. The number of carbonyl (C=O) groups excluding carboxylic acids is 1. The van der Waals surface area contributed by atoms with Crippen molar-refractivity contribution in [3.05, 3.63) is 52.8 Å². The summed E-state index contributed by atoms with van der Waals surface area (Å²) in [6.45, 7) is 5.54. The zero-order chi connectivity index (χ0) is 17.8. The third-order valence-electron chi connectivity index (χ3n) is 4.74. The van der Waals surface area contributed by atoms with Crippen molar-refractivity contribution < 1.29 is 14.6 Å². The molecule has 1 aromatic heterocycles. The standard InChI is InChI=1S/C19H25N3O3/c1-13-3-5-15(6-4-13)18(23)12-20-19(24)17-11-21-22(14(17)2)16-7-9-25-10-8-16/h3-6,11,16,18,23H,7-10,12H2,1-2H3,(H,20,24). The first-order valence-corrected chi connectivity index (χ1v) is 8.71. The number of amides is 1. The predicted molar refractivity (Wildman–Crippen MR) is 94.5 cm³/mol. The number of aromatic nitrogens is 2. The number of carbonyl (C=O) groups is 1. The lowest BCUT2D eigenvalue weighted by Gasteiger charge is -2.23. The Hall–Kier alpha value is -2.18. The highest BCUT2D eigenvalue weighted by molar-refractivity contribution is 5.95. The molecule has 1 aliphatic rings. The number of benzene rings is 1. The SMILES string of the molecule is Cc1ccc(C(O)CNC(=O)c2cnn(C3CCOCC3)c2C)cc1. The van der Waals surface area contributed by atoms with Crippen LogP contribution in [0.2, 0.25) is 0 Å². The Morgan fingerprint density at radius 1 is 1.32 bits per heavy atom. The molecule has 2 N–H and O–H groups in total. The van der Waals surface area contributed by atoms with Crippen molar-refractivity contribution in [3.63, 3.8) is 0 Å². The summed E-state index contributed by atoms with van der Waals surface area (Å²) in [5.41, 5.74) is 3.34. The van der Waals surface area contributed by atoms with Crippen LogP contribution < -0.4 is 5.32 Å². The van der Waals surface area contributed by atoms with Gasteiger partial charge in [-0.15, -0.1) is 0 Å². The first kappa shape index (κ1) is 17.6. The van der Waals surface area contributed by atoms with E-state index in [-0.39, 0.29) is 18.5 Å². The van der Waals surface area contributed by atoms with Gasteiger partial charge in [-0.2, -0.15) is 5.10 Å². The van der Waals surface area contributed by atoms with Crippen molar-refractivity contribution in [2.24, 2.45) is 0 Å². The number of aliphatic hydroxyl groups excluding tert-OH is 1. The summed E-state index contributed by atoms with van der Waals surface area (Å²) < 4.78 is 7.31. The number of hydrogen-bond donors (Lipinski definition) is 2. The highest BCUT2D eigenvalue weighted by Crippen LogP contribution is 2.23. The van der Waals surface area contributed by atoms with Gasteiger partial charge >= 0.3 is 0 Å². The highest BCUT2D eigenvalue weighted by Gasteiger charge is 2.22. The molecule has 3 rings (SSSR count). The van der Waals surface area contributed by atoms with Crippen molar-refractivity contribution in [3.8, 4) is 0 Å². The monoisotopic (exact) mass is 343 g/mol. The predicted octanol–water partition coefficient (Wildman–Crippen LogP) is 2.31. The molecule has 134 valence electrons. The maximum absolute atomic E-state index is 12.5. The van der Waals surface area contributed by atoms with Crippen LogP contribution >= 0.6 is 0 Å². The lowest BCUT2D eigenvalue weighted by Crippen LogP contribution is -2.29. The number of ether oxygens (including phenoxy) is 1. The van der Waals surface area contributed by atoms with E-state index in [9.17, 15) is 9.90 Å². The molecule has 1 aliphatic heterocycles. The van der Waals surface area contributed by atoms with Crippen molar-refractivity contribution in [2.75, 3.05) is 19.8 Å². The number of aryl methyl sites for hydroxylation is 1. The molecule has 1 amide bonds. The van der Waals surface area contributed by atoms with Gasteiger partial charge in [-0.25, -0.2) is 0 Å². The van der Waals surface area contributed by atoms with Crippen LogP contribution in [-0.2, 0) is 4.74 Å². The van der Waals surface area contributed by atoms with Crippen LogP contribution in [0.4, 0.5) is 0 Å². The lowest BCUT2D eigenvalue weighted by molar-refractivity contribution is 0.0656. The van der Waals surface area contributed by atoms with Gasteiger partial charge in [0.05, 0.1) is 23.9 Å². The van der Waals surface area contributed by atoms with E-state index in [0.717, 1.165) is 42.9 Å². The Morgan fingerprint density at radius 2 is 2.00 bits per heavy atom. The van der Waals surface area contributed by atoms with Gasteiger partial charge < -0.3 is 15.2 Å². The molecule has 2 aromatic rings. The summed E-state index contributed by atoms with van der Waals surface area (Å²) in [7, 11) is 0. The molecule has 1 aromatic carbocycles. The van der Waals surface area contributed by atoms with E-state index in [4.69, 9.17) is 4.74 Å². The number of rotatable bonds is 5. The van der Waals surface area contributed by atoms with Crippen LogP contribution in [0.3, 0.4) is 0 Å². The first-order chi connectivity index (χ1) is 12.1. The maximum Gasteiger partial charge on any atom is 0.254 e. The minimum atomic E-state index is -0.726. The number of aliphatic hydroxyl groups is 1. The Bertz CT molecular complexity index is 718. The molecule has 1 saturated heterocycles. The van der Waals surface area contributed by atoms with Gasteiger partial charge in [0.1, 0.15) is 0 Å². The molecule has 2 heterocycles. The maximum atomic E-state index is 12.5. The number of hydrogen-bond acceptors (Lipinski definition) is 4. The fourth-order valence-corrected chi connectivity index (χ4v) is 3.14. The van der Waals surface area contributed by atoms with Gasteiger partial charge in [-0.05, 0) is 32.3 Å². The van der Waals surface area contributed by atoms with E-state index in [1.807, 2.05) is 42.8 Å². The summed E-state index contributed by atoms with van der Waals surface area (Å²) in [6.07, 6.45) is 2.71. The average Bonchev–Trinajstić information content (AvgIpc) is 3.02. The molecular formula is C19H25N3O3. The van der Waals surface area contributed by atoms with Crippen LogP contribution in [0.15, 0.2) is 30.5 Å². The molecular weight excluding hydrogens is 318 g/mol. The van der Waals surface area contributed by atoms with E-state index in [1.54, 1.807) is 6.20 Å². The quantitative estimate of drug-likeness (QED) is 0.873. The zero-order valence-electron chi connectivity index (χ0n) is 14.7. The van der Waals surface area contributed by atoms with E-state index in [2.05, 4.69) is 10.4 Å². The Kier molecular flexibility index (Phi) is 5.50. The minimum Gasteiger partial charge on any atom is -0.387 e. The third-order valence-corrected chi connectivity index (χ3v) is 4.74. The smallest absolute Gasteiger partial charge is 0.254 e. The van der Waals surface area contributed by atoms with Gasteiger partial charge in [0.15, 0.2) is 0 Å². The molecule has 6 nitrogen and oxygen atoms in total. The topological polar surface area (TPSA) is 76.4 Å². The average molecular weight is 343 g/mol. The second-order valence-corrected chi connectivity index (χ2v) is 6.57. The van der Waals surface area contributed by atoms with Crippen LogP contribution in [-0.4, -0.2) is 40.6 Å². The Labute approximate surface area is 147 Å². The van der Waals surface area contributed by atoms with Crippen LogP contribution in [0.5, 0.6) is 0 Å². The third kappa shape index (κ3) is 4.08. The fourth-order valence-electron chi connectivity index (χ4n) is 3.14. The summed E-state index contributed by atoms with van der Waals surface area (Å²) in [6, 6.07) is 7.93. The molecule has 25 heavy (non-hydrogen) atoms. The van der Waals surface area contributed by atoms with Gasteiger partial charge in [-0.3, -0.25) is 9.48 Å². The largest absolute Gasteiger partial charge is 0.387 e. The molecule has 6 heteroatoms. The number of nitrogens with one attached hydrogen (secondary N) is 1. The summed E-state index contributed by atoms with van der Waals surface area (Å²) >= 11 is 0. The fraction of sp³-hybridized carbons (Fsp3) is 0.474. The van der Waals surface area contributed by atoms with Crippen molar-refractivity contribution in [2.45, 2.75) is 38.8 Å². The summed E-state index contributed by atoms with van der Waals surface area (Å²) in [5.74, 6) is -0.207.